The van der Waals surface area contributed by atoms with Gasteiger partial charge in [0.15, 0.2) is 6.10 Å². The van der Waals surface area contributed by atoms with Crippen molar-refractivity contribution in [2.45, 2.75) is 155 Å². The Kier molecular flexibility index (Phi) is 35.3. The van der Waals surface area contributed by atoms with Crippen molar-refractivity contribution in [2.75, 3.05) is 47.5 Å². The zero-order valence-electron chi connectivity index (χ0n) is 35.4. The molecule has 316 valence electrons. The van der Waals surface area contributed by atoms with Gasteiger partial charge in [-0.15, -0.1) is 0 Å². The van der Waals surface area contributed by atoms with Crippen molar-refractivity contribution in [3.8, 4) is 0 Å². The maximum atomic E-state index is 12.7. The second-order valence-electron chi connectivity index (χ2n) is 15.0. The minimum Gasteiger partial charge on any atom is -0.462 e. The average Bonchev–Trinajstić information content (AvgIpc) is 3.13. The highest BCUT2D eigenvalue weighted by molar-refractivity contribution is 7.47. The number of carbonyl (C=O) groups excluding carboxylic acids is 2. The third kappa shape index (κ3) is 40.9. The van der Waals surface area contributed by atoms with Crippen LogP contribution in [0.4, 0.5) is 0 Å². The summed E-state index contributed by atoms with van der Waals surface area (Å²) < 4.78 is 34.2. The third-order valence-electron chi connectivity index (χ3n) is 8.47. The summed E-state index contributed by atoms with van der Waals surface area (Å²) in [5.41, 5.74) is 0. The molecule has 9 nitrogen and oxygen atoms in total. The van der Waals surface area contributed by atoms with Crippen molar-refractivity contribution >= 4 is 19.8 Å². The number of nitrogens with zero attached hydrogens (tertiary/aromatic N) is 1. The fourth-order valence-corrected chi connectivity index (χ4v) is 5.90. The first-order valence-electron chi connectivity index (χ1n) is 21.2. The van der Waals surface area contributed by atoms with E-state index in [1.807, 2.05) is 21.1 Å². The van der Waals surface area contributed by atoms with Gasteiger partial charge in [-0.2, -0.15) is 0 Å². The van der Waals surface area contributed by atoms with Crippen LogP contribution in [-0.2, 0) is 32.7 Å². The zero-order valence-corrected chi connectivity index (χ0v) is 36.3. The first-order valence-corrected chi connectivity index (χ1v) is 22.7. The summed E-state index contributed by atoms with van der Waals surface area (Å²) in [7, 11) is 1.43. The summed E-state index contributed by atoms with van der Waals surface area (Å²) in [4.78, 5) is 35.3. The molecule has 0 saturated heterocycles. The van der Waals surface area contributed by atoms with Crippen molar-refractivity contribution in [2.24, 2.45) is 0 Å². The molecule has 0 amide bonds. The molecular formula is C45H79NO8P+. The number of quaternary nitrogens is 1. The molecule has 0 rings (SSSR count). The molecule has 10 heteroatoms. The molecule has 55 heavy (non-hydrogen) atoms. The summed E-state index contributed by atoms with van der Waals surface area (Å²) in [6.45, 7) is 4.20. The minimum absolute atomic E-state index is 0.0179. The number of allylic oxidation sites excluding steroid dienone is 12. The number of likely N-dealkylation sites (N-methyl/N-ethyl adjacent to an activating group) is 1. The zero-order chi connectivity index (χ0) is 40.7. The predicted molar refractivity (Wildman–Crippen MR) is 229 cm³/mol. The molecule has 0 aromatic rings. The lowest BCUT2D eigenvalue weighted by Crippen LogP contribution is -2.37. The van der Waals surface area contributed by atoms with Gasteiger partial charge in [-0.3, -0.25) is 18.6 Å². The minimum atomic E-state index is -4.39. The van der Waals surface area contributed by atoms with Crippen LogP contribution >= 0.6 is 7.82 Å². The maximum Gasteiger partial charge on any atom is 0.472 e. The number of esters is 2. The molecular weight excluding hydrogens is 713 g/mol. The van der Waals surface area contributed by atoms with E-state index in [0.29, 0.717) is 23.9 Å². The van der Waals surface area contributed by atoms with E-state index in [2.05, 4.69) is 86.8 Å². The van der Waals surface area contributed by atoms with Crippen molar-refractivity contribution in [3.63, 3.8) is 0 Å². The van der Waals surface area contributed by atoms with E-state index in [-0.39, 0.29) is 26.1 Å². The Balaban J connectivity index is 4.51. The van der Waals surface area contributed by atoms with E-state index in [4.69, 9.17) is 18.5 Å². The molecule has 0 aromatic carbocycles. The summed E-state index contributed by atoms with van der Waals surface area (Å²) in [6.07, 6.45) is 45.3. The molecule has 0 aromatic heterocycles. The van der Waals surface area contributed by atoms with Crippen LogP contribution in [0.15, 0.2) is 72.9 Å². The Hall–Kier alpha value is -2.55. The number of rotatable bonds is 37. The second kappa shape index (κ2) is 37.1. The van der Waals surface area contributed by atoms with Crippen molar-refractivity contribution in [1.29, 1.82) is 0 Å². The lowest BCUT2D eigenvalue weighted by Gasteiger charge is -2.24. The van der Waals surface area contributed by atoms with E-state index in [0.717, 1.165) is 70.6 Å². The number of hydrogen-bond donors (Lipinski definition) is 1. The molecule has 1 N–H and O–H groups in total. The summed E-state index contributed by atoms with van der Waals surface area (Å²) in [5.74, 6) is -0.884. The highest BCUT2D eigenvalue weighted by Crippen LogP contribution is 2.43. The largest absolute Gasteiger partial charge is 0.472 e. The van der Waals surface area contributed by atoms with Crippen LogP contribution in [0.3, 0.4) is 0 Å². The molecule has 0 aliphatic heterocycles. The molecule has 1 unspecified atom stereocenters. The Morgan fingerprint density at radius 2 is 1.05 bits per heavy atom. The first-order chi connectivity index (χ1) is 26.5. The number of phosphoric ester groups is 1. The molecule has 0 aliphatic carbocycles. The molecule has 0 radical (unpaired) electrons. The SMILES string of the molecule is CC/C=C/C/C=C/C/C=C/C/C=C/C/C=C/CCCC(=O)OC[C@H](COP(=O)(O)OCC[N+](C)(C)C)OC(=O)CCCCCCC/C=C/CCCCCCC. The van der Waals surface area contributed by atoms with Crippen molar-refractivity contribution in [1.82, 2.24) is 0 Å². The van der Waals surface area contributed by atoms with Crippen LogP contribution in [0.2, 0.25) is 0 Å². The highest BCUT2D eigenvalue weighted by Gasteiger charge is 2.27. The number of ether oxygens (including phenoxy) is 2. The Morgan fingerprint density at radius 3 is 1.62 bits per heavy atom. The second-order valence-corrected chi connectivity index (χ2v) is 16.4. The van der Waals surface area contributed by atoms with Gasteiger partial charge in [0.2, 0.25) is 0 Å². The van der Waals surface area contributed by atoms with Gasteiger partial charge < -0.3 is 18.9 Å². The molecule has 0 aliphatic rings. The quantitative estimate of drug-likeness (QED) is 0.0218. The van der Waals surface area contributed by atoms with Crippen LogP contribution in [0.1, 0.15) is 149 Å². The van der Waals surface area contributed by atoms with Crippen LogP contribution in [0, 0.1) is 0 Å². The molecule has 0 bridgehead atoms. The number of unbranched alkanes of at least 4 members (excludes halogenated alkanes) is 11. The Labute approximate surface area is 336 Å². The number of carbonyl (C=O) groups is 2. The van der Waals surface area contributed by atoms with Crippen LogP contribution in [-0.4, -0.2) is 74.9 Å². The van der Waals surface area contributed by atoms with Crippen LogP contribution in [0.5, 0.6) is 0 Å². The van der Waals surface area contributed by atoms with Crippen LogP contribution < -0.4 is 0 Å². The highest BCUT2D eigenvalue weighted by atomic mass is 31.2. The van der Waals surface area contributed by atoms with Gasteiger partial charge in [0.1, 0.15) is 19.8 Å². The lowest BCUT2D eigenvalue weighted by atomic mass is 10.1. The molecule has 0 spiro atoms. The van der Waals surface area contributed by atoms with E-state index in [9.17, 15) is 19.0 Å². The monoisotopic (exact) mass is 793 g/mol. The Morgan fingerprint density at radius 1 is 0.582 bits per heavy atom. The van der Waals surface area contributed by atoms with E-state index >= 15 is 0 Å². The predicted octanol–water partition coefficient (Wildman–Crippen LogP) is 11.9. The fourth-order valence-electron chi connectivity index (χ4n) is 5.16. The van der Waals surface area contributed by atoms with Gasteiger partial charge in [-0.25, -0.2) is 4.57 Å². The number of phosphoric acid groups is 1. The fraction of sp³-hybridized carbons (Fsp3) is 0.689. The van der Waals surface area contributed by atoms with Crippen LogP contribution in [0.25, 0.3) is 0 Å². The van der Waals surface area contributed by atoms with Gasteiger partial charge in [0.25, 0.3) is 0 Å². The van der Waals surface area contributed by atoms with Gasteiger partial charge in [0, 0.05) is 12.8 Å². The van der Waals surface area contributed by atoms with E-state index < -0.39 is 32.5 Å². The summed E-state index contributed by atoms with van der Waals surface area (Å²) >= 11 is 0. The molecule has 2 atom stereocenters. The van der Waals surface area contributed by atoms with E-state index in [1.54, 1.807) is 0 Å². The third-order valence-corrected chi connectivity index (χ3v) is 9.45. The van der Waals surface area contributed by atoms with Crippen molar-refractivity contribution < 1.29 is 42.1 Å². The standard InChI is InChI=1S/C45H78NO8P/c1-6-8-10-12-14-16-18-20-22-23-24-26-27-29-31-33-35-37-44(47)51-41-43(42-53-55(49,50)52-40-39-46(3,4)5)54-45(48)38-36-34-32-30-28-25-21-19-17-15-13-11-9-7-2/h8,10,14,16,19-22,24,26,29,31,43H,6-7,9,11-13,15,17-18,23,25,27-28,30,32-42H2,1-5H3/p+1/b10-8+,16-14+,21-19+,22-20+,26-24+,31-29+/t43-/m1/s1. The van der Waals surface area contributed by atoms with Gasteiger partial charge in [-0.1, -0.05) is 132 Å². The summed E-state index contributed by atoms with van der Waals surface area (Å²) in [5, 5.41) is 0. The molecule has 0 fully saturated rings. The summed E-state index contributed by atoms with van der Waals surface area (Å²) in [6, 6.07) is 0. The maximum absolute atomic E-state index is 12.7. The topological polar surface area (TPSA) is 108 Å². The molecule has 0 heterocycles. The Bertz CT molecular complexity index is 1170. The smallest absolute Gasteiger partial charge is 0.462 e. The van der Waals surface area contributed by atoms with E-state index in [1.165, 1.54) is 38.5 Å². The number of hydrogen-bond acceptors (Lipinski definition) is 7. The van der Waals surface area contributed by atoms with Gasteiger partial charge in [0.05, 0.1) is 27.7 Å². The van der Waals surface area contributed by atoms with Gasteiger partial charge in [-0.05, 0) is 77.0 Å². The van der Waals surface area contributed by atoms with Gasteiger partial charge >= 0.3 is 19.8 Å². The lowest BCUT2D eigenvalue weighted by molar-refractivity contribution is -0.870. The van der Waals surface area contributed by atoms with Crippen molar-refractivity contribution in [3.05, 3.63) is 72.9 Å². The average molecular weight is 793 g/mol. The first kappa shape index (κ1) is 52.5. The molecule has 0 saturated carbocycles. The normalized spacial score (nSPS) is 14.4.